The van der Waals surface area contributed by atoms with Gasteiger partial charge in [-0.3, -0.25) is 0 Å². The maximum Gasteiger partial charge on any atom is 0.147 e. The lowest BCUT2D eigenvalue weighted by Crippen LogP contribution is -2.41. The Balaban J connectivity index is 2.88. The Hall–Kier alpha value is -0.690. The maximum atomic E-state index is 13.4. The fraction of sp³-hybridized carbons (Fsp3) is 0.500. The summed E-state index contributed by atoms with van der Waals surface area (Å²) in [5.41, 5.74) is 5.32. The lowest BCUT2D eigenvalue weighted by Gasteiger charge is -2.31. The second-order valence-electron chi connectivity index (χ2n) is 5.17. The van der Waals surface area contributed by atoms with Gasteiger partial charge in [0.1, 0.15) is 5.82 Å². The molecule has 102 valence electrons. The van der Waals surface area contributed by atoms with Crippen molar-refractivity contribution in [3.05, 3.63) is 28.0 Å². The summed E-state index contributed by atoms with van der Waals surface area (Å²) in [6, 6.07) is 2.71. The van der Waals surface area contributed by atoms with Crippen LogP contribution in [0.5, 0.6) is 0 Å². The number of hydrogen-bond acceptors (Lipinski definition) is 4. The average molecular weight is 321 g/mol. The van der Waals surface area contributed by atoms with Gasteiger partial charge in [0.25, 0.3) is 0 Å². The van der Waals surface area contributed by atoms with Crippen LogP contribution < -0.4 is 5.73 Å². The smallest absolute Gasteiger partial charge is 0.147 e. The molecular weight excluding hydrogens is 303 g/mol. The SMILES string of the molecule is CC(C)(C)N(O)CC(O)c1cc(F)c(N)c(Br)c1. The van der Waals surface area contributed by atoms with Crippen molar-refractivity contribution in [2.24, 2.45) is 0 Å². The van der Waals surface area contributed by atoms with Crippen LogP contribution in [0.2, 0.25) is 0 Å². The van der Waals surface area contributed by atoms with Crippen molar-refractivity contribution in [1.29, 1.82) is 0 Å². The summed E-state index contributed by atoms with van der Waals surface area (Å²) in [4.78, 5) is 0. The molecular formula is C12H18BrFN2O2. The first-order valence-electron chi connectivity index (χ1n) is 5.52. The van der Waals surface area contributed by atoms with E-state index in [0.29, 0.717) is 10.0 Å². The van der Waals surface area contributed by atoms with Crippen LogP contribution in [-0.4, -0.2) is 27.5 Å². The van der Waals surface area contributed by atoms with Crippen molar-refractivity contribution in [2.75, 3.05) is 12.3 Å². The van der Waals surface area contributed by atoms with E-state index in [2.05, 4.69) is 15.9 Å². The van der Waals surface area contributed by atoms with Crippen molar-refractivity contribution < 1.29 is 14.7 Å². The second-order valence-corrected chi connectivity index (χ2v) is 6.02. The number of β-amino-alcohol motifs (C(OH)–C–C–N with tert-alkyl or cyclic N) is 1. The summed E-state index contributed by atoms with van der Waals surface area (Å²) in [6.07, 6.45) is -0.999. The fourth-order valence-electron chi connectivity index (χ4n) is 1.34. The molecule has 0 saturated carbocycles. The van der Waals surface area contributed by atoms with Crippen LogP contribution in [0.25, 0.3) is 0 Å². The topological polar surface area (TPSA) is 69.7 Å². The Morgan fingerprint density at radius 1 is 1.44 bits per heavy atom. The first-order chi connectivity index (χ1) is 8.12. The Morgan fingerprint density at radius 2 is 2.00 bits per heavy atom. The first-order valence-corrected chi connectivity index (χ1v) is 6.31. The van der Waals surface area contributed by atoms with E-state index < -0.39 is 17.5 Å². The summed E-state index contributed by atoms with van der Waals surface area (Å²) in [7, 11) is 0. The Kier molecular flexibility index (Phi) is 4.72. The molecule has 0 bridgehead atoms. The van der Waals surface area contributed by atoms with E-state index in [1.165, 1.54) is 6.07 Å². The molecule has 0 fully saturated rings. The number of benzene rings is 1. The van der Waals surface area contributed by atoms with E-state index in [-0.39, 0.29) is 12.2 Å². The molecule has 0 aliphatic rings. The molecule has 0 saturated heterocycles. The highest BCUT2D eigenvalue weighted by Crippen LogP contribution is 2.28. The molecule has 0 aliphatic carbocycles. The van der Waals surface area contributed by atoms with E-state index in [0.717, 1.165) is 5.06 Å². The molecule has 6 heteroatoms. The lowest BCUT2D eigenvalue weighted by atomic mass is 10.1. The zero-order valence-electron chi connectivity index (χ0n) is 10.6. The van der Waals surface area contributed by atoms with Gasteiger partial charge in [-0.1, -0.05) is 0 Å². The van der Waals surface area contributed by atoms with Gasteiger partial charge in [0.05, 0.1) is 18.3 Å². The van der Waals surface area contributed by atoms with Crippen LogP contribution in [0.15, 0.2) is 16.6 Å². The molecule has 0 aromatic heterocycles. The Morgan fingerprint density at radius 3 is 2.44 bits per heavy atom. The van der Waals surface area contributed by atoms with Gasteiger partial charge >= 0.3 is 0 Å². The third-order valence-electron chi connectivity index (χ3n) is 2.61. The number of aliphatic hydroxyl groups excluding tert-OH is 1. The monoisotopic (exact) mass is 320 g/mol. The minimum atomic E-state index is -0.999. The molecule has 0 spiro atoms. The predicted octanol–water partition coefficient (Wildman–Crippen LogP) is 2.69. The maximum absolute atomic E-state index is 13.4. The third-order valence-corrected chi connectivity index (χ3v) is 3.26. The third kappa shape index (κ3) is 3.65. The first kappa shape index (κ1) is 15.4. The highest BCUT2D eigenvalue weighted by molar-refractivity contribution is 9.10. The highest BCUT2D eigenvalue weighted by Gasteiger charge is 2.23. The lowest BCUT2D eigenvalue weighted by molar-refractivity contribution is -0.172. The summed E-state index contributed by atoms with van der Waals surface area (Å²) in [5.74, 6) is -0.598. The zero-order chi connectivity index (χ0) is 14.1. The fourth-order valence-corrected chi connectivity index (χ4v) is 1.79. The molecule has 1 rings (SSSR count). The molecule has 4 nitrogen and oxygen atoms in total. The van der Waals surface area contributed by atoms with Crippen LogP contribution in [0.1, 0.15) is 32.4 Å². The quantitative estimate of drug-likeness (QED) is 0.591. The van der Waals surface area contributed by atoms with E-state index in [1.54, 1.807) is 26.8 Å². The van der Waals surface area contributed by atoms with Gasteiger partial charge < -0.3 is 16.0 Å². The molecule has 0 heterocycles. The predicted molar refractivity (Wildman–Crippen MR) is 71.7 cm³/mol. The van der Waals surface area contributed by atoms with Gasteiger partial charge in [-0.05, 0) is 54.4 Å². The van der Waals surface area contributed by atoms with Crippen LogP contribution in [0.3, 0.4) is 0 Å². The molecule has 18 heavy (non-hydrogen) atoms. The summed E-state index contributed by atoms with van der Waals surface area (Å²) in [6.45, 7) is 5.40. The number of halogens is 2. The average Bonchev–Trinajstić information content (AvgIpc) is 2.23. The summed E-state index contributed by atoms with van der Waals surface area (Å²) < 4.78 is 13.8. The van der Waals surface area contributed by atoms with Gasteiger partial charge in [-0.15, -0.1) is 0 Å². The molecule has 0 aliphatic heterocycles. The number of hydrogen-bond donors (Lipinski definition) is 3. The van der Waals surface area contributed by atoms with Crippen LogP contribution in [0, 0.1) is 5.82 Å². The molecule has 0 amide bonds. The van der Waals surface area contributed by atoms with Gasteiger partial charge in [0, 0.05) is 10.0 Å². The summed E-state index contributed by atoms with van der Waals surface area (Å²) in [5, 5.41) is 20.7. The number of hydroxylamine groups is 2. The normalized spacial score (nSPS) is 14.0. The van der Waals surface area contributed by atoms with E-state index in [9.17, 15) is 14.7 Å². The minimum absolute atomic E-state index is 0.00243. The molecule has 0 radical (unpaired) electrons. The second kappa shape index (κ2) is 5.52. The largest absolute Gasteiger partial charge is 0.395 e. The molecule has 1 aromatic carbocycles. The number of nitrogens with two attached hydrogens (primary N) is 1. The zero-order valence-corrected chi connectivity index (χ0v) is 12.2. The van der Waals surface area contributed by atoms with Crippen LogP contribution >= 0.6 is 15.9 Å². The van der Waals surface area contributed by atoms with Gasteiger partial charge in [0.2, 0.25) is 0 Å². The van der Waals surface area contributed by atoms with Crippen molar-refractivity contribution in [1.82, 2.24) is 5.06 Å². The van der Waals surface area contributed by atoms with Crippen LogP contribution in [0.4, 0.5) is 10.1 Å². The molecule has 1 aromatic rings. The molecule has 1 atom stereocenters. The number of nitrogens with zero attached hydrogens (tertiary/aromatic N) is 1. The van der Waals surface area contributed by atoms with Crippen molar-refractivity contribution in [3.8, 4) is 0 Å². The van der Waals surface area contributed by atoms with E-state index in [1.807, 2.05) is 0 Å². The summed E-state index contributed by atoms with van der Waals surface area (Å²) >= 11 is 3.12. The van der Waals surface area contributed by atoms with Gasteiger partial charge in [-0.2, -0.15) is 5.06 Å². The number of rotatable bonds is 3. The highest BCUT2D eigenvalue weighted by atomic mass is 79.9. The molecule has 1 unspecified atom stereocenters. The van der Waals surface area contributed by atoms with Gasteiger partial charge in [-0.25, -0.2) is 4.39 Å². The molecule has 4 N–H and O–H groups in total. The van der Waals surface area contributed by atoms with Crippen LogP contribution in [-0.2, 0) is 0 Å². The number of anilines is 1. The van der Waals surface area contributed by atoms with Crippen molar-refractivity contribution in [2.45, 2.75) is 32.4 Å². The van der Waals surface area contributed by atoms with E-state index >= 15 is 0 Å². The van der Waals surface area contributed by atoms with Crippen molar-refractivity contribution in [3.63, 3.8) is 0 Å². The van der Waals surface area contributed by atoms with Crippen molar-refractivity contribution >= 4 is 21.6 Å². The van der Waals surface area contributed by atoms with Gasteiger partial charge in [0.15, 0.2) is 0 Å². The Bertz CT molecular complexity index is 412. The van der Waals surface area contributed by atoms with E-state index in [4.69, 9.17) is 5.73 Å². The standard InChI is InChI=1S/C12H18BrFN2O2/c1-12(2,3)16(18)6-10(17)7-4-8(13)11(15)9(14)5-7/h4-5,10,17-18H,6,15H2,1-3H3. The number of aliphatic hydroxyl groups is 1. The Labute approximate surface area is 114 Å². The minimum Gasteiger partial charge on any atom is -0.395 e. The number of nitrogen functional groups attached to an aromatic ring is 1.